The number of hydrazone groups is 1. The molecule has 4 heteroatoms. The van der Waals surface area contributed by atoms with Gasteiger partial charge in [0.2, 0.25) is 5.13 Å². The highest BCUT2D eigenvalue weighted by molar-refractivity contribution is 7.22. The summed E-state index contributed by atoms with van der Waals surface area (Å²) in [6, 6.07) is 14.5. The molecule has 0 bridgehead atoms. The van der Waals surface area contributed by atoms with E-state index in [9.17, 15) is 0 Å². The first-order chi connectivity index (χ1) is 10.1. The van der Waals surface area contributed by atoms with Crippen molar-refractivity contribution in [1.82, 2.24) is 4.98 Å². The maximum atomic E-state index is 4.52. The molecule has 0 aliphatic heterocycles. The molecule has 3 aromatic rings. The predicted molar refractivity (Wildman–Crippen MR) is 91.4 cm³/mol. The van der Waals surface area contributed by atoms with Crippen LogP contribution in [-0.4, -0.2) is 10.7 Å². The van der Waals surface area contributed by atoms with Gasteiger partial charge in [0.1, 0.15) is 0 Å². The van der Waals surface area contributed by atoms with E-state index in [-0.39, 0.29) is 0 Å². The molecular weight excluding hydrogens is 278 g/mol. The van der Waals surface area contributed by atoms with E-state index in [1.165, 1.54) is 21.4 Å². The second-order valence-corrected chi connectivity index (χ2v) is 6.14. The smallest absolute Gasteiger partial charge is 0.204 e. The largest absolute Gasteiger partial charge is 0.252 e. The molecule has 0 amide bonds. The Hall–Kier alpha value is -2.20. The lowest BCUT2D eigenvalue weighted by Crippen LogP contribution is -2.02. The Balaban J connectivity index is 1.86. The molecule has 0 unspecified atom stereocenters. The monoisotopic (exact) mass is 295 g/mol. The van der Waals surface area contributed by atoms with E-state index < -0.39 is 0 Å². The van der Waals surface area contributed by atoms with Crippen LogP contribution in [0.5, 0.6) is 0 Å². The zero-order valence-electron chi connectivity index (χ0n) is 12.3. The number of aryl methyl sites for hydroxylation is 2. The summed E-state index contributed by atoms with van der Waals surface area (Å²) in [7, 11) is 0. The minimum absolute atomic E-state index is 0.820. The van der Waals surface area contributed by atoms with Crippen LogP contribution >= 0.6 is 11.3 Å². The third kappa shape index (κ3) is 2.95. The summed E-state index contributed by atoms with van der Waals surface area (Å²) in [5, 5.41) is 5.30. The Bertz CT molecular complexity index is 785. The standard InChI is InChI=1S/C17H17N3S/c1-11-8-9-12(2)14(10-11)13(3)19-20-17-18-15-6-4-5-7-16(15)21-17/h4-10H,1-3H3,(H,18,20)/b19-13+. The van der Waals surface area contributed by atoms with Crippen LogP contribution in [0.15, 0.2) is 47.6 Å². The lowest BCUT2D eigenvalue weighted by atomic mass is 10.0. The summed E-state index contributed by atoms with van der Waals surface area (Å²) in [6.07, 6.45) is 0. The molecule has 21 heavy (non-hydrogen) atoms. The zero-order valence-corrected chi connectivity index (χ0v) is 13.2. The zero-order chi connectivity index (χ0) is 14.8. The van der Waals surface area contributed by atoms with Gasteiger partial charge < -0.3 is 0 Å². The highest BCUT2D eigenvalue weighted by Gasteiger charge is 2.04. The van der Waals surface area contributed by atoms with Crippen molar-refractivity contribution >= 4 is 32.4 Å². The fourth-order valence-electron chi connectivity index (χ4n) is 2.24. The topological polar surface area (TPSA) is 37.3 Å². The molecule has 0 spiro atoms. The fourth-order valence-corrected chi connectivity index (χ4v) is 3.05. The van der Waals surface area contributed by atoms with E-state index in [1.54, 1.807) is 11.3 Å². The number of nitrogens with zero attached hydrogens (tertiary/aromatic N) is 2. The molecule has 0 fully saturated rings. The number of nitrogens with one attached hydrogen (secondary N) is 1. The van der Waals surface area contributed by atoms with E-state index in [2.05, 4.69) is 53.6 Å². The summed E-state index contributed by atoms with van der Waals surface area (Å²) in [4.78, 5) is 4.52. The van der Waals surface area contributed by atoms with Gasteiger partial charge in [-0.3, -0.25) is 5.43 Å². The van der Waals surface area contributed by atoms with Gasteiger partial charge in [0.15, 0.2) is 0 Å². The van der Waals surface area contributed by atoms with Gasteiger partial charge in [-0.2, -0.15) is 5.10 Å². The SMILES string of the molecule is C/C(=N\Nc1nc2ccccc2s1)c1cc(C)ccc1C. The van der Waals surface area contributed by atoms with Crippen molar-refractivity contribution in [3.8, 4) is 0 Å². The number of rotatable bonds is 3. The van der Waals surface area contributed by atoms with Crippen molar-refractivity contribution in [3.63, 3.8) is 0 Å². The van der Waals surface area contributed by atoms with E-state index in [4.69, 9.17) is 0 Å². The van der Waals surface area contributed by atoms with Crippen molar-refractivity contribution < 1.29 is 0 Å². The number of hydrogen-bond donors (Lipinski definition) is 1. The van der Waals surface area contributed by atoms with E-state index in [1.807, 2.05) is 25.1 Å². The number of benzene rings is 2. The Morgan fingerprint density at radius 1 is 1.14 bits per heavy atom. The molecule has 3 rings (SSSR count). The molecule has 0 atom stereocenters. The molecule has 0 saturated heterocycles. The van der Waals surface area contributed by atoms with Gasteiger partial charge in [0, 0.05) is 5.56 Å². The fraction of sp³-hybridized carbons (Fsp3) is 0.176. The number of aromatic nitrogens is 1. The van der Waals surface area contributed by atoms with E-state index in [0.29, 0.717) is 0 Å². The Morgan fingerprint density at radius 3 is 2.76 bits per heavy atom. The van der Waals surface area contributed by atoms with Gasteiger partial charge in [-0.1, -0.05) is 41.2 Å². The van der Waals surface area contributed by atoms with Crippen molar-refractivity contribution in [2.45, 2.75) is 20.8 Å². The van der Waals surface area contributed by atoms with Crippen LogP contribution in [0.2, 0.25) is 0 Å². The molecule has 1 aromatic heterocycles. The van der Waals surface area contributed by atoms with Crippen LogP contribution in [0.25, 0.3) is 10.2 Å². The lowest BCUT2D eigenvalue weighted by Gasteiger charge is -2.06. The second-order valence-electron chi connectivity index (χ2n) is 5.11. The van der Waals surface area contributed by atoms with Crippen LogP contribution in [0.3, 0.4) is 0 Å². The summed E-state index contributed by atoms with van der Waals surface area (Å²) in [5.41, 5.74) is 8.69. The lowest BCUT2D eigenvalue weighted by molar-refractivity contribution is 1.28. The van der Waals surface area contributed by atoms with Crippen LogP contribution in [0.4, 0.5) is 5.13 Å². The predicted octanol–water partition coefficient (Wildman–Crippen LogP) is 4.75. The molecule has 1 N–H and O–H groups in total. The number of para-hydroxylation sites is 1. The molecule has 106 valence electrons. The molecular formula is C17H17N3S. The molecule has 0 aliphatic rings. The first-order valence-electron chi connectivity index (χ1n) is 6.87. The third-order valence-corrected chi connectivity index (χ3v) is 4.34. The average molecular weight is 295 g/mol. The van der Waals surface area contributed by atoms with Crippen LogP contribution < -0.4 is 5.43 Å². The van der Waals surface area contributed by atoms with Gasteiger partial charge >= 0.3 is 0 Å². The minimum Gasteiger partial charge on any atom is -0.252 e. The van der Waals surface area contributed by atoms with E-state index >= 15 is 0 Å². The minimum atomic E-state index is 0.820. The van der Waals surface area contributed by atoms with Crippen molar-refractivity contribution in [2.75, 3.05) is 5.43 Å². The first kappa shape index (κ1) is 13.8. The molecule has 0 saturated carbocycles. The molecule has 0 radical (unpaired) electrons. The van der Waals surface area contributed by atoms with Gasteiger partial charge in [-0.25, -0.2) is 4.98 Å². The number of anilines is 1. The van der Waals surface area contributed by atoms with Crippen molar-refractivity contribution in [2.24, 2.45) is 5.10 Å². The number of thiazole rings is 1. The van der Waals surface area contributed by atoms with Crippen LogP contribution in [0, 0.1) is 13.8 Å². The first-order valence-corrected chi connectivity index (χ1v) is 7.68. The quantitative estimate of drug-likeness (QED) is 0.559. The maximum absolute atomic E-state index is 4.52. The summed E-state index contributed by atoms with van der Waals surface area (Å²) < 4.78 is 1.17. The number of hydrogen-bond acceptors (Lipinski definition) is 4. The summed E-state index contributed by atoms with van der Waals surface area (Å²) in [5.74, 6) is 0. The molecule has 0 aliphatic carbocycles. The molecule has 3 nitrogen and oxygen atoms in total. The Labute approximate surface area is 128 Å². The highest BCUT2D eigenvalue weighted by Crippen LogP contribution is 2.25. The highest BCUT2D eigenvalue weighted by atomic mass is 32.1. The Kier molecular flexibility index (Phi) is 3.71. The molecule has 1 heterocycles. The van der Waals surface area contributed by atoms with Crippen molar-refractivity contribution in [1.29, 1.82) is 0 Å². The van der Waals surface area contributed by atoms with Gasteiger partial charge in [0.05, 0.1) is 15.9 Å². The average Bonchev–Trinajstić information content (AvgIpc) is 2.90. The van der Waals surface area contributed by atoms with E-state index in [0.717, 1.165) is 16.4 Å². The third-order valence-electron chi connectivity index (χ3n) is 3.40. The maximum Gasteiger partial charge on any atom is 0.204 e. The van der Waals surface area contributed by atoms with Crippen molar-refractivity contribution in [3.05, 3.63) is 59.2 Å². The normalized spacial score (nSPS) is 11.9. The second kappa shape index (κ2) is 5.66. The summed E-state index contributed by atoms with van der Waals surface area (Å²) >= 11 is 1.61. The summed E-state index contributed by atoms with van der Waals surface area (Å²) in [6.45, 7) is 6.21. The van der Waals surface area contributed by atoms with Crippen LogP contribution in [0.1, 0.15) is 23.6 Å². The molecule has 2 aromatic carbocycles. The van der Waals surface area contributed by atoms with Gasteiger partial charge in [-0.15, -0.1) is 0 Å². The number of fused-ring (bicyclic) bond motifs is 1. The Morgan fingerprint density at radius 2 is 1.95 bits per heavy atom. The van der Waals surface area contributed by atoms with Crippen LogP contribution in [-0.2, 0) is 0 Å². The van der Waals surface area contributed by atoms with Gasteiger partial charge in [-0.05, 0) is 44.5 Å². The van der Waals surface area contributed by atoms with Gasteiger partial charge in [0.25, 0.3) is 0 Å².